The zero-order valence-corrected chi connectivity index (χ0v) is 48.2. The highest BCUT2D eigenvalue weighted by Crippen LogP contribution is 2.46. The van der Waals surface area contributed by atoms with Crippen LogP contribution in [0.15, 0.2) is 320 Å². The predicted octanol–water partition coefficient (Wildman–Crippen LogP) is 22.6. The van der Waals surface area contributed by atoms with Gasteiger partial charge in [0.1, 0.15) is 11.2 Å². The zero-order valence-electron chi connectivity index (χ0n) is 48.2. The summed E-state index contributed by atoms with van der Waals surface area (Å²) in [6.07, 6.45) is 0. The Morgan fingerprint density at radius 3 is 1.07 bits per heavy atom. The van der Waals surface area contributed by atoms with Gasteiger partial charge in [-0.05, 0) is 178 Å². The molecule has 5 heterocycles. The molecule has 0 aliphatic rings. The van der Waals surface area contributed by atoms with Crippen LogP contribution in [-0.4, -0.2) is 18.3 Å². The van der Waals surface area contributed by atoms with Gasteiger partial charge in [-0.2, -0.15) is 0 Å². The Morgan fingerprint density at radius 1 is 0.169 bits per heavy atom. The Labute approximate surface area is 511 Å². The van der Waals surface area contributed by atoms with Crippen LogP contribution in [0.4, 0.5) is 0 Å². The summed E-state index contributed by atoms with van der Waals surface area (Å²) in [6, 6.07) is 116. The second-order valence-electron chi connectivity index (χ2n) is 23.6. The topological polar surface area (TPSA) is 32.9 Å². The van der Waals surface area contributed by atoms with Gasteiger partial charge < -0.3 is 22.7 Å². The van der Waals surface area contributed by atoms with Crippen LogP contribution < -0.4 is 0 Å². The number of rotatable bonds is 8. The Balaban J connectivity index is 0.736. The van der Waals surface area contributed by atoms with E-state index in [1.54, 1.807) is 0 Å². The minimum absolute atomic E-state index is 0.890. The second-order valence-corrected chi connectivity index (χ2v) is 23.6. The molecule has 0 radical (unpaired) electrons. The van der Waals surface area contributed by atoms with Gasteiger partial charge in [0.2, 0.25) is 0 Å². The van der Waals surface area contributed by atoms with Crippen molar-refractivity contribution in [1.29, 1.82) is 0 Å². The normalized spacial score (nSPS) is 12.0. The molecule has 0 spiro atoms. The van der Waals surface area contributed by atoms with E-state index in [9.17, 15) is 0 Å². The lowest BCUT2D eigenvalue weighted by Crippen LogP contribution is -1.95. The lowest BCUT2D eigenvalue weighted by molar-refractivity contribution is 0.669. The van der Waals surface area contributed by atoms with E-state index in [1.165, 1.54) is 81.8 Å². The second kappa shape index (κ2) is 19.3. The summed E-state index contributed by atoms with van der Waals surface area (Å²) in [5, 5.41) is 12.2. The van der Waals surface area contributed by atoms with Gasteiger partial charge in [-0.25, -0.2) is 0 Å². The van der Waals surface area contributed by atoms with Gasteiger partial charge in [0, 0.05) is 76.6 Å². The highest BCUT2D eigenvalue weighted by molar-refractivity contribution is 6.30. The molecule has 0 saturated carbocycles. The van der Waals surface area contributed by atoms with Gasteiger partial charge in [-0.1, -0.05) is 182 Å². The SMILES string of the molecule is c1ccc(-c2cc(-c3ccc(-n4c5ccccc5c5c6c7ccccc7n(-c7ccccc7)c6ccc54)cc3)cc(-c3cccc(-c4ccc5c6c7c8ccccc8n(-c8ccc9oc%10ccccc%10c9c8)c7ccc6n(-c6ccccc6)c5c4)c3)c2)cc1. The molecule has 19 aromatic rings. The third kappa shape index (κ3) is 7.49. The fourth-order valence-corrected chi connectivity index (χ4v) is 14.8. The molecule has 0 fully saturated rings. The standard InChI is InChI=1S/C84H52N4O/c1-4-19-53(20-5-1)58-48-59(54-35-38-63(39-36-54)86-72-32-15-11-29-67(72)82-75(86)43-42-74-81(82)66-28-10-14-31-71(66)85(74)61-23-6-2-7-24-61)50-60(49-58)56-22-18-21-55(47-56)57-37-41-69-78(51-57)87(62-25-8-3-9-26-62)76-44-45-77-83(84(69)76)68-30-12-16-33-73(68)88(77)64-40-46-80-70(52-64)65-27-13-17-34-79(65)89-80/h1-52H. The van der Waals surface area contributed by atoms with Crippen LogP contribution in [0.3, 0.4) is 0 Å². The lowest BCUT2D eigenvalue weighted by atomic mass is 9.92. The molecule has 0 amide bonds. The summed E-state index contributed by atoms with van der Waals surface area (Å²) < 4.78 is 16.1. The average molecular weight is 1130 g/mol. The molecule has 89 heavy (non-hydrogen) atoms. The Hall–Kier alpha value is -11.9. The summed E-state index contributed by atoms with van der Waals surface area (Å²) in [5.74, 6) is 0. The molecule has 0 aliphatic heterocycles. The molecule has 19 rings (SSSR count). The van der Waals surface area contributed by atoms with Crippen molar-refractivity contribution in [2.24, 2.45) is 0 Å². The number of hydrogen-bond acceptors (Lipinski definition) is 1. The van der Waals surface area contributed by atoms with Crippen LogP contribution in [0, 0.1) is 0 Å². The fraction of sp³-hybridized carbons (Fsp3) is 0. The first-order chi connectivity index (χ1) is 44.1. The van der Waals surface area contributed by atoms with E-state index >= 15 is 0 Å². The summed E-state index contributed by atoms with van der Waals surface area (Å²) in [7, 11) is 0. The first-order valence-electron chi connectivity index (χ1n) is 30.6. The van der Waals surface area contributed by atoms with Gasteiger partial charge in [0.25, 0.3) is 0 Å². The quantitative estimate of drug-likeness (QED) is 0.149. The molecule has 0 saturated heterocycles. The van der Waals surface area contributed by atoms with Crippen molar-refractivity contribution >= 4 is 109 Å². The number of aromatic nitrogens is 4. The van der Waals surface area contributed by atoms with Crippen molar-refractivity contribution in [1.82, 2.24) is 18.3 Å². The molecular weight excluding hydrogens is 1080 g/mol. The monoisotopic (exact) mass is 1130 g/mol. The Kier molecular flexibility index (Phi) is 10.7. The predicted molar refractivity (Wildman–Crippen MR) is 373 cm³/mol. The molecule has 14 aromatic carbocycles. The molecule has 0 N–H and O–H groups in total. The van der Waals surface area contributed by atoms with E-state index in [0.29, 0.717) is 0 Å². The molecule has 5 nitrogen and oxygen atoms in total. The average Bonchev–Trinajstić information content (AvgIpc) is 1.92. The van der Waals surface area contributed by atoms with E-state index in [4.69, 9.17) is 4.42 Å². The van der Waals surface area contributed by atoms with Crippen LogP contribution in [0.1, 0.15) is 0 Å². The summed E-state index contributed by atoms with van der Waals surface area (Å²) in [6.45, 7) is 0. The van der Waals surface area contributed by atoms with Gasteiger partial charge in [-0.3, -0.25) is 0 Å². The molecule has 0 unspecified atom stereocenters. The number of hydrogen-bond donors (Lipinski definition) is 0. The van der Waals surface area contributed by atoms with Crippen molar-refractivity contribution in [2.45, 2.75) is 0 Å². The third-order valence-corrected chi connectivity index (χ3v) is 18.7. The molecule has 5 aromatic heterocycles. The van der Waals surface area contributed by atoms with Gasteiger partial charge in [0.15, 0.2) is 0 Å². The van der Waals surface area contributed by atoms with Crippen molar-refractivity contribution in [3.63, 3.8) is 0 Å². The molecule has 5 heteroatoms. The zero-order chi connectivity index (χ0) is 58.3. The first kappa shape index (κ1) is 49.4. The van der Waals surface area contributed by atoms with Crippen LogP contribution in [-0.2, 0) is 0 Å². The van der Waals surface area contributed by atoms with E-state index in [1.807, 2.05) is 12.1 Å². The molecule has 0 atom stereocenters. The maximum atomic E-state index is 6.31. The molecule has 0 aliphatic carbocycles. The van der Waals surface area contributed by atoms with Crippen molar-refractivity contribution in [2.75, 3.05) is 0 Å². The van der Waals surface area contributed by atoms with Crippen molar-refractivity contribution in [3.05, 3.63) is 315 Å². The molecular formula is C84H52N4O. The highest BCUT2D eigenvalue weighted by atomic mass is 16.3. The third-order valence-electron chi connectivity index (χ3n) is 18.7. The molecule has 0 bridgehead atoms. The Bertz CT molecular complexity index is 6080. The molecule has 414 valence electrons. The van der Waals surface area contributed by atoms with Gasteiger partial charge in [0.05, 0.1) is 44.1 Å². The number of fused-ring (bicyclic) bond motifs is 17. The van der Waals surface area contributed by atoms with Crippen LogP contribution in [0.2, 0.25) is 0 Å². The maximum Gasteiger partial charge on any atom is 0.135 e. The van der Waals surface area contributed by atoms with E-state index < -0.39 is 0 Å². The minimum Gasteiger partial charge on any atom is -0.456 e. The van der Waals surface area contributed by atoms with Crippen LogP contribution in [0.5, 0.6) is 0 Å². The number of nitrogens with zero attached hydrogens (tertiary/aromatic N) is 4. The van der Waals surface area contributed by atoms with Gasteiger partial charge in [-0.15, -0.1) is 0 Å². The van der Waals surface area contributed by atoms with Crippen LogP contribution in [0.25, 0.3) is 176 Å². The van der Waals surface area contributed by atoms with Crippen molar-refractivity contribution < 1.29 is 4.42 Å². The summed E-state index contributed by atoms with van der Waals surface area (Å²) in [5.41, 5.74) is 25.0. The maximum absolute atomic E-state index is 6.31. The van der Waals surface area contributed by atoms with E-state index in [2.05, 4.69) is 322 Å². The number of furan rings is 1. The fourth-order valence-electron chi connectivity index (χ4n) is 14.8. The number of benzene rings is 14. The largest absolute Gasteiger partial charge is 0.456 e. The minimum atomic E-state index is 0.890. The smallest absolute Gasteiger partial charge is 0.135 e. The van der Waals surface area contributed by atoms with E-state index in [-0.39, 0.29) is 0 Å². The summed E-state index contributed by atoms with van der Waals surface area (Å²) >= 11 is 0. The highest BCUT2D eigenvalue weighted by Gasteiger charge is 2.24. The van der Waals surface area contributed by atoms with Crippen LogP contribution >= 0.6 is 0 Å². The Morgan fingerprint density at radius 2 is 0.517 bits per heavy atom. The van der Waals surface area contributed by atoms with Crippen molar-refractivity contribution in [3.8, 4) is 67.3 Å². The first-order valence-corrected chi connectivity index (χ1v) is 30.6. The number of para-hydroxylation sites is 6. The van der Waals surface area contributed by atoms with E-state index in [0.717, 1.165) is 94.6 Å². The van der Waals surface area contributed by atoms with Gasteiger partial charge >= 0.3 is 0 Å². The lowest BCUT2D eigenvalue weighted by Gasteiger charge is -2.14. The summed E-state index contributed by atoms with van der Waals surface area (Å²) in [4.78, 5) is 0.